The molecular formula is C59H42N2O. The lowest BCUT2D eigenvalue weighted by Gasteiger charge is -2.42. The Morgan fingerprint density at radius 1 is 0.613 bits per heavy atom. The molecule has 0 fully saturated rings. The fraction of sp³-hybridized carbons (Fsp3) is 0.119. The van der Waals surface area contributed by atoms with Gasteiger partial charge < -0.3 is 14.2 Å². The number of para-hydroxylation sites is 5. The zero-order valence-corrected chi connectivity index (χ0v) is 34.2. The molecule has 294 valence electrons. The summed E-state index contributed by atoms with van der Waals surface area (Å²) in [5, 5.41) is 2.63. The molecule has 4 aliphatic carbocycles. The van der Waals surface area contributed by atoms with E-state index in [0.717, 1.165) is 25.0 Å². The summed E-state index contributed by atoms with van der Waals surface area (Å²) in [6.45, 7) is 0. The monoisotopic (exact) mass is 794 g/mol. The van der Waals surface area contributed by atoms with Crippen LogP contribution in [0.3, 0.4) is 0 Å². The van der Waals surface area contributed by atoms with E-state index in [0.29, 0.717) is 5.92 Å². The van der Waals surface area contributed by atoms with Gasteiger partial charge in [0.15, 0.2) is 0 Å². The predicted octanol–water partition coefficient (Wildman–Crippen LogP) is 13.7. The molecule has 1 aromatic heterocycles. The van der Waals surface area contributed by atoms with Crippen LogP contribution in [0, 0.1) is 0 Å². The van der Waals surface area contributed by atoms with Crippen LogP contribution in [-0.4, -0.2) is 16.7 Å². The molecule has 3 nitrogen and oxygen atoms in total. The first-order valence-electron chi connectivity index (χ1n) is 22.2. The van der Waals surface area contributed by atoms with Crippen molar-refractivity contribution in [1.29, 1.82) is 0 Å². The van der Waals surface area contributed by atoms with Gasteiger partial charge in [0.1, 0.15) is 11.9 Å². The van der Waals surface area contributed by atoms with Gasteiger partial charge in [0.25, 0.3) is 0 Å². The van der Waals surface area contributed by atoms with Crippen molar-refractivity contribution < 1.29 is 4.74 Å². The highest BCUT2D eigenvalue weighted by atomic mass is 16.5. The minimum absolute atomic E-state index is 0.0514. The largest absolute Gasteiger partial charge is 0.483 e. The maximum atomic E-state index is 6.91. The van der Waals surface area contributed by atoms with E-state index in [-0.39, 0.29) is 12.1 Å². The van der Waals surface area contributed by atoms with Crippen molar-refractivity contribution in [2.45, 2.75) is 42.7 Å². The van der Waals surface area contributed by atoms with Crippen LogP contribution in [0.1, 0.15) is 63.3 Å². The van der Waals surface area contributed by atoms with E-state index in [1.165, 1.54) is 100 Å². The average molecular weight is 795 g/mol. The van der Waals surface area contributed by atoms with Gasteiger partial charge in [-0.25, -0.2) is 0 Å². The lowest BCUT2D eigenvalue weighted by Crippen LogP contribution is -2.43. The van der Waals surface area contributed by atoms with Gasteiger partial charge in [-0.05, 0) is 106 Å². The second-order valence-electron chi connectivity index (χ2n) is 17.7. The molecule has 3 heterocycles. The molecule has 62 heavy (non-hydrogen) atoms. The van der Waals surface area contributed by atoms with E-state index < -0.39 is 5.41 Å². The van der Waals surface area contributed by atoms with E-state index in [1.807, 2.05) is 0 Å². The molecular weight excluding hydrogens is 753 g/mol. The normalized spacial score (nSPS) is 21.9. The molecule has 6 aliphatic rings. The number of hydrogen-bond donors (Lipinski definition) is 0. The van der Waals surface area contributed by atoms with Gasteiger partial charge >= 0.3 is 0 Å². The smallest absolute Gasteiger partial charge is 0.149 e. The third-order valence-corrected chi connectivity index (χ3v) is 14.8. The van der Waals surface area contributed by atoms with Crippen LogP contribution in [0.5, 0.6) is 5.75 Å². The number of hydrogen-bond acceptors (Lipinski definition) is 2. The molecule has 0 saturated heterocycles. The summed E-state index contributed by atoms with van der Waals surface area (Å²) < 4.78 is 9.45. The van der Waals surface area contributed by atoms with E-state index in [2.05, 4.69) is 210 Å². The van der Waals surface area contributed by atoms with E-state index in [1.54, 1.807) is 0 Å². The number of anilines is 2. The maximum absolute atomic E-state index is 6.91. The Kier molecular flexibility index (Phi) is 7.11. The molecule has 8 aromatic rings. The third kappa shape index (κ3) is 4.45. The summed E-state index contributed by atoms with van der Waals surface area (Å²) in [6, 6.07) is 59.4. The minimum atomic E-state index is -0.403. The topological polar surface area (TPSA) is 17.4 Å². The second-order valence-corrected chi connectivity index (χ2v) is 17.7. The lowest BCUT2D eigenvalue weighted by atomic mass is 9.63. The Bertz CT molecular complexity index is 3410. The van der Waals surface area contributed by atoms with Gasteiger partial charge in [0.05, 0.1) is 28.2 Å². The van der Waals surface area contributed by atoms with Gasteiger partial charge in [0.2, 0.25) is 0 Å². The maximum Gasteiger partial charge on any atom is 0.149 e. The number of nitrogens with zero attached hydrogens (tertiary/aromatic N) is 2. The van der Waals surface area contributed by atoms with Crippen LogP contribution in [0.25, 0.3) is 38.6 Å². The molecule has 4 atom stereocenters. The van der Waals surface area contributed by atoms with Crippen molar-refractivity contribution in [1.82, 2.24) is 4.57 Å². The Morgan fingerprint density at radius 2 is 1.40 bits per heavy atom. The number of ether oxygens (including phenoxy) is 1. The van der Waals surface area contributed by atoms with E-state index in [4.69, 9.17) is 4.74 Å². The number of allylic oxidation sites excluding steroid dienone is 7. The van der Waals surface area contributed by atoms with Gasteiger partial charge in [-0.15, -0.1) is 0 Å². The third-order valence-electron chi connectivity index (χ3n) is 14.8. The predicted molar refractivity (Wildman–Crippen MR) is 254 cm³/mol. The van der Waals surface area contributed by atoms with Crippen LogP contribution < -0.4 is 9.64 Å². The van der Waals surface area contributed by atoms with Crippen LogP contribution in [-0.2, 0) is 11.8 Å². The first-order valence-corrected chi connectivity index (χ1v) is 22.2. The van der Waals surface area contributed by atoms with Gasteiger partial charge in [-0.3, -0.25) is 0 Å². The van der Waals surface area contributed by atoms with Crippen LogP contribution in [0.2, 0.25) is 0 Å². The Morgan fingerprint density at radius 3 is 2.34 bits per heavy atom. The zero-order valence-electron chi connectivity index (χ0n) is 34.2. The Labute approximate surface area is 361 Å². The summed E-state index contributed by atoms with van der Waals surface area (Å²) in [5.41, 5.74) is 20.9. The lowest BCUT2D eigenvalue weighted by molar-refractivity contribution is 0.258. The van der Waals surface area contributed by atoms with E-state index in [9.17, 15) is 0 Å². The second kappa shape index (κ2) is 12.8. The molecule has 0 bridgehead atoms. The number of aryl methyl sites for hydroxylation is 1. The number of benzene rings is 7. The van der Waals surface area contributed by atoms with Gasteiger partial charge in [-0.1, -0.05) is 164 Å². The molecule has 0 radical (unpaired) electrons. The zero-order chi connectivity index (χ0) is 40.5. The van der Waals surface area contributed by atoms with Crippen LogP contribution in [0.15, 0.2) is 206 Å². The fourth-order valence-corrected chi connectivity index (χ4v) is 12.4. The number of fused-ring (bicyclic) bond motifs is 16. The SMILES string of the molecule is C1=CCC(c2ccccc2N(c2ccc3c(c2)CCC2=C3c3ccccc3C23c2ccccc2-n2c4ccccc4c4cccc3c42)C2C=CC=C3c4ccccc4OC32)C=C1. The summed E-state index contributed by atoms with van der Waals surface area (Å²) in [6.07, 6.45) is 18.7. The van der Waals surface area contributed by atoms with Crippen molar-refractivity contribution in [3.63, 3.8) is 0 Å². The van der Waals surface area contributed by atoms with Crippen molar-refractivity contribution in [2.75, 3.05) is 4.90 Å². The highest BCUT2D eigenvalue weighted by Gasteiger charge is 2.53. The molecule has 2 aliphatic heterocycles. The molecule has 0 N–H and O–H groups in total. The van der Waals surface area contributed by atoms with Crippen molar-refractivity contribution in [2.24, 2.45) is 0 Å². The molecule has 14 rings (SSSR count). The fourth-order valence-electron chi connectivity index (χ4n) is 12.4. The molecule has 7 aromatic carbocycles. The number of aromatic nitrogens is 1. The average Bonchev–Trinajstić information content (AvgIpc) is 3.99. The highest BCUT2D eigenvalue weighted by Crippen LogP contribution is 2.63. The summed E-state index contributed by atoms with van der Waals surface area (Å²) >= 11 is 0. The minimum Gasteiger partial charge on any atom is -0.483 e. The van der Waals surface area contributed by atoms with Gasteiger partial charge in [0, 0.05) is 39.2 Å². The summed E-state index contributed by atoms with van der Waals surface area (Å²) in [7, 11) is 0. The molecule has 1 spiro atoms. The van der Waals surface area contributed by atoms with Crippen molar-refractivity contribution >= 4 is 44.3 Å². The standard InChI is InChI=1S/C59H42N2O/c1-2-16-37(17-3-1)40-18-5-10-27-51(40)60(54-30-15-23-45-43-20-7-13-31-55(43)62-58(45)54)39-33-34-41-38(36-39)32-35-49-56(41)46-21-4-8-24-47(46)59(49)48-25-9-12-29-53(48)61-52-28-11-6-19-42(52)44-22-14-26-50(59)57(44)61/h1-16,18-31,33-34,36-37,54,58H,17,32,35H2. The molecule has 0 amide bonds. The summed E-state index contributed by atoms with van der Waals surface area (Å²) in [5.74, 6) is 1.26. The van der Waals surface area contributed by atoms with E-state index >= 15 is 0 Å². The first-order chi connectivity index (χ1) is 30.8. The Balaban J connectivity index is 0.979. The van der Waals surface area contributed by atoms with Crippen LogP contribution >= 0.6 is 0 Å². The van der Waals surface area contributed by atoms with Crippen molar-refractivity contribution in [3.8, 4) is 11.4 Å². The Hall–Kier alpha value is -7.36. The van der Waals surface area contributed by atoms with Crippen LogP contribution in [0.4, 0.5) is 11.4 Å². The number of rotatable bonds is 4. The molecule has 0 saturated carbocycles. The molecule has 4 unspecified atom stereocenters. The van der Waals surface area contributed by atoms with Gasteiger partial charge in [-0.2, -0.15) is 0 Å². The molecule has 3 heteroatoms. The van der Waals surface area contributed by atoms with Crippen molar-refractivity contribution in [3.05, 3.63) is 250 Å². The summed E-state index contributed by atoms with van der Waals surface area (Å²) in [4.78, 5) is 2.59. The quantitative estimate of drug-likeness (QED) is 0.177. The highest BCUT2D eigenvalue weighted by molar-refractivity contribution is 6.13. The first kappa shape index (κ1) is 34.4.